The minimum atomic E-state index is 0.175. The Balaban J connectivity index is 1.38. The van der Waals surface area contributed by atoms with Gasteiger partial charge >= 0.3 is 0 Å². The Morgan fingerprint density at radius 2 is 1.11 bits per heavy atom. The van der Waals surface area contributed by atoms with Crippen molar-refractivity contribution < 1.29 is 0 Å². The average Bonchev–Trinajstić information content (AvgIpc) is 2.94. The number of hydrogen-bond acceptors (Lipinski definition) is 6. The van der Waals surface area contributed by atoms with E-state index in [1.54, 1.807) is 0 Å². The standard InChI is InChI=1S/C30H36N4S2/c1-31-29(35-21-23-11-5-3-6-12-23)33-19-25-17-26-15-9-10-16-28(26)27(18-25)20-34-30(32-2)36-22-24-13-7-4-8-14-24/h3-18,29-34H,19-22H2,1-2H3. The lowest BCUT2D eigenvalue weighted by molar-refractivity contribution is 0.582. The lowest BCUT2D eigenvalue weighted by atomic mass is 10.0. The molecule has 0 amide bonds. The predicted molar refractivity (Wildman–Crippen MR) is 159 cm³/mol. The molecule has 0 aliphatic heterocycles. The molecule has 0 aliphatic carbocycles. The Labute approximate surface area is 224 Å². The summed E-state index contributed by atoms with van der Waals surface area (Å²) >= 11 is 3.76. The van der Waals surface area contributed by atoms with Crippen molar-refractivity contribution in [3.63, 3.8) is 0 Å². The normalized spacial score (nSPS) is 13.1. The van der Waals surface area contributed by atoms with E-state index in [0.29, 0.717) is 0 Å². The van der Waals surface area contributed by atoms with E-state index in [2.05, 4.69) is 118 Å². The van der Waals surface area contributed by atoms with E-state index in [1.807, 2.05) is 37.6 Å². The third-order valence-corrected chi connectivity index (χ3v) is 8.49. The second-order valence-electron chi connectivity index (χ2n) is 8.67. The molecule has 2 unspecified atom stereocenters. The van der Waals surface area contributed by atoms with Crippen LogP contribution >= 0.6 is 23.5 Å². The van der Waals surface area contributed by atoms with Crippen LogP contribution in [0.5, 0.6) is 0 Å². The first-order valence-corrected chi connectivity index (χ1v) is 14.5. The minimum absolute atomic E-state index is 0.175. The Morgan fingerprint density at radius 3 is 1.69 bits per heavy atom. The van der Waals surface area contributed by atoms with Crippen molar-refractivity contribution in [1.82, 2.24) is 21.3 Å². The average molecular weight is 517 g/mol. The SMILES string of the molecule is CNC(NCc1cc(CNC(NC)SCc2ccccc2)c2ccccc2c1)SCc1ccccc1. The molecule has 0 bridgehead atoms. The summed E-state index contributed by atoms with van der Waals surface area (Å²) in [5.74, 6) is 1.94. The van der Waals surface area contributed by atoms with Crippen LogP contribution in [-0.4, -0.2) is 25.1 Å². The van der Waals surface area contributed by atoms with Crippen molar-refractivity contribution in [3.05, 3.63) is 119 Å². The highest BCUT2D eigenvalue weighted by Gasteiger charge is 2.11. The molecule has 188 valence electrons. The van der Waals surface area contributed by atoms with Gasteiger partial charge in [-0.1, -0.05) is 91.0 Å². The first kappa shape index (κ1) is 26.7. The van der Waals surface area contributed by atoms with E-state index >= 15 is 0 Å². The van der Waals surface area contributed by atoms with Gasteiger partial charge in [0.1, 0.15) is 11.0 Å². The van der Waals surface area contributed by atoms with E-state index in [9.17, 15) is 0 Å². The van der Waals surface area contributed by atoms with Gasteiger partial charge in [0.05, 0.1) is 0 Å². The monoisotopic (exact) mass is 516 g/mol. The van der Waals surface area contributed by atoms with E-state index in [-0.39, 0.29) is 11.0 Å². The van der Waals surface area contributed by atoms with Crippen LogP contribution in [0.3, 0.4) is 0 Å². The van der Waals surface area contributed by atoms with E-state index in [0.717, 1.165) is 24.6 Å². The van der Waals surface area contributed by atoms with Crippen LogP contribution in [0.4, 0.5) is 0 Å². The number of benzene rings is 4. The van der Waals surface area contributed by atoms with Crippen LogP contribution in [0.1, 0.15) is 22.3 Å². The second-order valence-corrected chi connectivity index (χ2v) is 10.9. The number of fused-ring (bicyclic) bond motifs is 1. The van der Waals surface area contributed by atoms with E-state index in [4.69, 9.17) is 0 Å². The van der Waals surface area contributed by atoms with Crippen LogP contribution in [0.15, 0.2) is 97.1 Å². The Kier molecular flexibility index (Phi) is 10.7. The van der Waals surface area contributed by atoms with Crippen molar-refractivity contribution in [2.24, 2.45) is 0 Å². The number of nitrogens with one attached hydrogen (secondary N) is 4. The van der Waals surface area contributed by atoms with Gasteiger partial charge in [0, 0.05) is 24.6 Å². The zero-order valence-corrected chi connectivity index (χ0v) is 22.7. The highest BCUT2D eigenvalue weighted by atomic mass is 32.2. The minimum Gasteiger partial charge on any atom is -0.296 e. The van der Waals surface area contributed by atoms with Gasteiger partial charge in [-0.05, 0) is 53.2 Å². The van der Waals surface area contributed by atoms with Gasteiger partial charge in [0.25, 0.3) is 0 Å². The maximum absolute atomic E-state index is 3.70. The molecule has 4 N–H and O–H groups in total. The maximum Gasteiger partial charge on any atom is 0.106 e. The second kappa shape index (κ2) is 14.4. The fourth-order valence-corrected chi connectivity index (χ4v) is 5.95. The van der Waals surface area contributed by atoms with Crippen LogP contribution in [0.25, 0.3) is 10.8 Å². The van der Waals surface area contributed by atoms with Crippen LogP contribution < -0.4 is 21.3 Å². The molecule has 0 spiro atoms. The first-order chi connectivity index (χ1) is 17.7. The lowest BCUT2D eigenvalue weighted by Gasteiger charge is -2.20. The van der Waals surface area contributed by atoms with Crippen molar-refractivity contribution in [2.75, 3.05) is 14.1 Å². The molecule has 2 atom stereocenters. The van der Waals surface area contributed by atoms with E-state index in [1.165, 1.54) is 33.0 Å². The largest absolute Gasteiger partial charge is 0.296 e. The van der Waals surface area contributed by atoms with Gasteiger partial charge in [-0.2, -0.15) is 0 Å². The molecule has 4 aromatic carbocycles. The molecule has 0 saturated heterocycles. The molecular weight excluding hydrogens is 480 g/mol. The summed E-state index contributed by atoms with van der Waals surface area (Å²) in [5.41, 5.74) is 5.66. The summed E-state index contributed by atoms with van der Waals surface area (Å²) in [4.78, 5) is 0. The molecule has 36 heavy (non-hydrogen) atoms. The third kappa shape index (κ3) is 8.10. The van der Waals surface area contributed by atoms with Crippen molar-refractivity contribution in [1.29, 1.82) is 0 Å². The van der Waals surface area contributed by atoms with Crippen LogP contribution in [-0.2, 0) is 24.6 Å². The van der Waals surface area contributed by atoms with Crippen molar-refractivity contribution in [3.8, 4) is 0 Å². The van der Waals surface area contributed by atoms with Crippen molar-refractivity contribution in [2.45, 2.75) is 35.6 Å². The summed E-state index contributed by atoms with van der Waals surface area (Å²) in [6.07, 6.45) is 0. The van der Waals surface area contributed by atoms with Gasteiger partial charge in [-0.3, -0.25) is 21.3 Å². The zero-order chi connectivity index (χ0) is 25.0. The summed E-state index contributed by atoms with van der Waals surface area (Å²) in [5, 5.41) is 16.8. The molecule has 4 nitrogen and oxygen atoms in total. The molecule has 6 heteroatoms. The molecule has 0 radical (unpaired) electrons. The fraction of sp³-hybridized carbons (Fsp3) is 0.267. The maximum atomic E-state index is 3.70. The molecule has 0 aromatic heterocycles. The summed E-state index contributed by atoms with van der Waals surface area (Å²) in [6.45, 7) is 1.61. The van der Waals surface area contributed by atoms with Gasteiger partial charge in [0.15, 0.2) is 0 Å². The van der Waals surface area contributed by atoms with Gasteiger partial charge in [-0.25, -0.2) is 0 Å². The summed E-state index contributed by atoms with van der Waals surface area (Å²) in [6, 6.07) is 34.6. The Morgan fingerprint density at radius 1 is 0.583 bits per heavy atom. The van der Waals surface area contributed by atoms with Gasteiger partial charge < -0.3 is 0 Å². The molecule has 0 aliphatic rings. The van der Waals surface area contributed by atoms with Crippen LogP contribution in [0, 0.1) is 0 Å². The quantitative estimate of drug-likeness (QED) is 0.157. The molecule has 0 heterocycles. The lowest BCUT2D eigenvalue weighted by Crippen LogP contribution is -2.37. The van der Waals surface area contributed by atoms with Gasteiger partial charge in [-0.15, -0.1) is 23.5 Å². The molecular formula is C30H36N4S2. The predicted octanol–water partition coefficient (Wildman–Crippen LogP) is 5.89. The Hall–Kier alpha value is -2.32. The highest BCUT2D eigenvalue weighted by molar-refractivity contribution is 7.99. The molecule has 0 saturated carbocycles. The number of rotatable bonds is 14. The third-order valence-electron chi connectivity index (χ3n) is 6.02. The van der Waals surface area contributed by atoms with E-state index < -0.39 is 0 Å². The summed E-state index contributed by atoms with van der Waals surface area (Å²) in [7, 11) is 4.02. The van der Waals surface area contributed by atoms with Crippen molar-refractivity contribution >= 4 is 34.3 Å². The smallest absolute Gasteiger partial charge is 0.106 e. The highest BCUT2D eigenvalue weighted by Crippen LogP contribution is 2.23. The number of hydrogen-bond donors (Lipinski definition) is 4. The molecule has 4 aromatic rings. The van der Waals surface area contributed by atoms with Gasteiger partial charge in [0.2, 0.25) is 0 Å². The zero-order valence-electron chi connectivity index (χ0n) is 21.0. The van der Waals surface area contributed by atoms with Crippen LogP contribution in [0.2, 0.25) is 0 Å². The molecule has 4 rings (SSSR count). The number of thioether (sulfide) groups is 2. The Bertz CT molecular complexity index is 1190. The topological polar surface area (TPSA) is 48.1 Å². The molecule has 0 fully saturated rings. The fourth-order valence-electron chi connectivity index (χ4n) is 4.12. The first-order valence-electron chi connectivity index (χ1n) is 12.4. The summed E-state index contributed by atoms with van der Waals surface area (Å²) < 4.78 is 0.